The van der Waals surface area contributed by atoms with Crippen molar-refractivity contribution in [3.8, 4) is 0 Å². The molecule has 16 heavy (non-hydrogen) atoms. The van der Waals surface area contributed by atoms with Crippen molar-refractivity contribution in [1.82, 2.24) is 4.72 Å². The van der Waals surface area contributed by atoms with Gasteiger partial charge in [-0.05, 0) is 68.7 Å². The number of hydrogen-bond donors (Lipinski definition) is 1. The Hall–Kier alpha value is -0.0900. The fourth-order valence-electron chi connectivity index (χ4n) is 4.65. The Labute approximate surface area is 98.0 Å². The molecule has 0 unspecified atom stereocenters. The van der Waals surface area contributed by atoms with Crippen molar-refractivity contribution in [1.29, 1.82) is 0 Å². The van der Waals surface area contributed by atoms with Crippen LogP contribution in [0.1, 0.15) is 32.1 Å². The van der Waals surface area contributed by atoms with E-state index in [2.05, 4.69) is 4.72 Å². The lowest BCUT2D eigenvalue weighted by Gasteiger charge is -2.54. The molecule has 0 aliphatic heterocycles. The van der Waals surface area contributed by atoms with Crippen LogP contribution in [-0.2, 0) is 10.0 Å². The van der Waals surface area contributed by atoms with Gasteiger partial charge < -0.3 is 0 Å². The van der Waals surface area contributed by atoms with Crippen LogP contribution in [0.3, 0.4) is 0 Å². The molecular weight excluding hydrogens is 222 g/mol. The molecule has 0 aromatic rings. The van der Waals surface area contributed by atoms with Crippen LogP contribution in [-0.4, -0.2) is 21.2 Å². The lowest BCUT2D eigenvalue weighted by atomic mass is 9.52. The van der Waals surface area contributed by atoms with E-state index in [0.717, 1.165) is 11.8 Å². The Morgan fingerprint density at radius 1 is 1.00 bits per heavy atom. The van der Waals surface area contributed by atoms with Crippen LogP contribution in [0.4, 0.5) is 0 Å². The number of nitrogens with one attached hydrogen (secondary N) is 1. The summed E-state index contributed by atoms with van der Waals surface area (Å²) in [5.74, 6) is 4.09. The molecule has 0 aromatic heterocycles. The van der Waals surface area contributed by atoms with E-state index in [1.54, 1.807) is 0 Å². The van der Waals surface area contributed by atoms with Crippen LogP contribution in [0.2, 0.25) is 0 Å². The van der Waals surface area contributed by atoms with Crippen LogP contribution in [0, 0.1) is 29.6 Å². The molecule has 3 nitrogen and oxygen atoms in total. The molecule has 4 heteroatoms. The topological polar surface area (TPSA) is 46.2 Å². The molecule has 0 spiro atoms. The van der Waals surface area contributed by atoms with Crippen LogP contribution < -0.4 is 4.72 Å². The maximum absolute atomic E-state index is 11.7. The van der Waals surface area contributed by atoms with Crippen LogP contribution >= 0.6 is 0 Å². The van der Waals surface area contributed by atoms with E-state index in [4.69, 9.17) is 0 Å². The zero-order valence-corrected chi connectivity index (χ0v) is 10.7. The van der Waals surface area contributed by atoms with Crippen LogP contribution in [0.15, 0.2) is 0 Å². The fraction of sp³-hybridized carbons (Fsp3) is 1.00. The summed E-state index contributed by atoms with van der Waals surface area (Å²) in [5.41, 5.74) is 0. The predicted molar refractivity (Wildman–Crippen MR) is 63.4 cm³/mol. The van der Waals surface area contributed by atoms with E-state index in [1.807, 2.05) is 0 Å². The van der Waals surface area contributed by atoms with Gasteiger partial charge in [-0.25, -0.2) is 13.1 Å². The predicted octanol–water partition coefficient (Wildman–Crippen LogP) is 1.61. The summed E-state index contributed by atoms with van der Waals surface area (Å²) in [6.45, 7) is 0. The Morgan fingerprint density at radius 2 is 1.50 bits per heavy atom. The second-order valence-electron chi connectivity index (χ2n) is 6.08. The van der Waals surface area contributed by atoms with Gasteiger partial charge in [0.25, 0.3) is 0 Å². The van der Waals surface area contributed by atoms with Gasteiger partial charge in [0.05, 0.1) is 5.75 Å². The molecule has 4 aliphatic rings. The van der Waals surface area contributed by atoms with E-state index in [1.165, 1.54) is 39.2 Å². The quantitative estimate of drug-likeness (QED) is 0.818. The molecule has 4 aliphatic carbocycles. The van der Waals surface area contributed by atoms with Crippen molar-refractivity contribution >= 4 is 10.0 Å². The average Bonchev–Trinajstić information content (AvgIpc) is 2.22. The van der Waals surface area contributed by atoms with Crippen LogP contribution in [0.5, 0.6) is 0 Å². The van der Waals surface area contributed by atoms with Crippen molar-refractivity contribution in [2.24, 2.45) is 29.6 Å². The molecule has 92 valence electrons. The highest BCUT2D eigenvalue weighted by atomic mass is 32.2. The van der Waals surface area contributed by atoms with E-state index in [-0.39, 0.29) is 0 Å². The summed E-state index contributed by atoms with van der Waals surface area (Å²) in [6.07, 6.45) is 6.64. The van der Waals surface area contributed by atoms with Gasteiger partial charge in [0.2, 0.25) is 10.0 Å². The monoisotopic (exact) mass is 243 g/mol. The van der Waals surface area contributed by atoms with Crippen molar-refractivity contribution in [2.75, 3.05) is 12.8 Å². The van der Waals surface area contributed by atoms with Crippen LogP contribution in [0.25, 0.3) is 0 Å². The highest BCUT2D eigenvalue weighted by Crippen LogP contribution is 2.56. The molecule has 4 rings (SSSR count). The van der Waals surface area contributed by atoms with E-state index in [9.17, 15) is 8.42 Å². The molecule has 4 fully saturated rings. The molecule has 4 bridgehead atoms. The van der Waals surface area contributed by atoms with Gasteiger partial charge in [-0.2, -0.15) is 0 Å². The van der Waals surface area contributed by atoms with Gasteiger partial charge in [0, 0.05) is 0 Å². The Kier molecular flexibility index (Phi) is 2.55. The lowest BCUT2D eigenvalue weighted by molar-refractivity contribution is -0.0268. The fourth-order valence-corrected chi connectivity index (χ4v) is 5.86. The van der Waals surface area contributed by atoms with Gasteiger partial charge in [0.1, 0.15) is 0 Å². The summed E-state index contributed by atoms with van der Waals surface area (Å²) in [5, 5.41) is 0. The highest BCUT2D eigenvalue weighted by Gasteiger charge is 2.48. The number of rotatable bonds is 3. The minimum absolute atomic E-state index is 0.373. The molecule has 1 N–H and O–H groups in total. The first kappa shape index (κ1) is 11.0. The first-order chi connectivity index (χ1) is 7.57. The normalized spacial score (nSPS) is 46.2. The summed E-state index contributed by atoms with van der Waals surface area (Å²) in [7, 11) is -1.48. The third-order valence-corrected chi connectivity index (χ3v) is 6.59. The second kappa shape index (κ2) is 3.70. The maximum Gasteiger partial charge on any atom is 0.211 e. The van der Waals surface area contributed by atoms with Crippen molar-refractivity contribution in [2.45, 2.75) is 32.1 Å². The molecule has 0 heterocycles. The van der Waals surface area contributed by atoms with Crippen molar-refractivity contribution in [3.63, 3.8) is 0 Å². The summed E-state index contributed by atoms with van der Waals surface area (Å²) in [4.78, 5) is 0. The first-order valence-electron chi connectivity index (χ1n) is 6.48. The van der Waals surface area contributed by atoms with Gasteiger partial charge in [-0.15, -0.1) is 0 Å². The van der Waals surface area contributed by atoms with E-state index >= 15 is 0 Å². The van der Waals surface area contributed by atoms with Crippen molar-refractivity contribution in [3.05, 3.63) is 0 Å². The molecule has 0 amide bonds. The molecular formula is C12H21NO2S. The number of hydrogen-bond acceptors (Lipinski definition) is 2. The van der Waals surface area contributed by atoms with Crippen molar-refractivity contribution < 1.29 is 8.42 Å². The Bertz CT molecular complexity index is 348. The standard InChI is InChI=1S/C12H21NO2S/c1-13-16(14,15)7-12-10-3-8-2-9(5-10)6-11(12)4-8/h8-13H,2-7H2,1H3. The van der Waals surface area contributed by atoms with Gasteiger partial charge >= 0.3 is 0 Å². The summed E-state index contributed by atoms with van der Waals surface area (Å²) < 4.78 is 25.8. The van der Waals surface area contributed by atoms with Gasteiger partial charge in [-0.1, -0.05) is 0 Å². The van der Waals surface area contributed by atoms with Gasteiger partial charge in [0.15, 0.2) is 0 Å². The van der Waals surface area contributed by atoms with E-state index < -0.39 is 10.0 Å². The Morgan fingerprint density at radius 3 is 1.94 bits per heavy atom. The molecule has 0 atom stereocenters. The zero-order valence-electron chi connectivity index (χ0n) is 9.85. The molecule has 0 saturated heterocycles. The highest BCUT2D eigenvalue weighted by molar-refractivity contribution is 7.89. The third-order valence-electron chi connectivity index (χ3n) is 5.14. The molecule has 4 saturated carbocycles. The molecule has 0 radical (unpaired) electrons. The number of sulfonamides is 1. The maximum atomic E-state index is 11.7. The summed E-state index contributed by atoms with van der Waals surface area (Å²) >= 11 is 0. The lowest BCUT2D eigenvalue weighted by Crippen LogP contribution is -2.48. The first-order valence-corrected chi connectivity index (χ1v) is 8.14. The average molecular weight is 243 g/mol. The second-order valence-corrected chi connectivity index (χ2v) is 8.05. The SMILES string of the molecule is CNS(=O)(=O)CC1C2CC3CC(C2)CC1C3. The summed E-state index contributed by atoms with van der Waals surface area (Å²) in [6, 6.07) is 0. The minimum Gasteiger partial charge on any atom is -0.218 e. The molecule has 0 aromatic carbocycles. The zero-order chi connectivity index (χ0) is 11.3. The largest absolute Gasteiger partial charge is 0.218 e. The smallest absolute Gasteiger partial charge is 0.211 e. The minimum atomic E-state index is -3.01. The van der Waals surface area contributed by atoms with E-state index in [0.29, 0.717) is 23.5 Å². The Balaban J connectivity index is 1.77. The van der Waals surface area contributed by atoms with Gasteiger partial charge in [-0.3, -0.25) is 0 Å². The third kappa shape index (κ3) is 1.80.